The molecule has 1 atom stereocenters. The zero-order valence-electron chi connectivity index (χ0n) is 16.7. The van der Waals surface area contributed by atoms with E-state index in [1.165, 1.54) is 11.3 Å². The summed E-state index contributed by atoms with van der Waals surface area (Å²) in [6.07, 6.45) is 0. The zero-order chi connectivity index (χ0) is 22.0. The van der Waals surface area contributed by atoms with Gasteiger partial charge in [-0.2, -0.15) is 0 Å². The molecule has 0 fully saturated rings. The first-order valence-electron chi connectivity index (χ1n) is 9.66. The van der Waals surface area contributed by atoms with E-state index in [9.17, 15) is 4.79 Å². The lowest BCUT2D eigenvalue weighted by molar-refractivity contribution is 0.252. The van der Waals surface area contributed by atoms with Gasteiger partial charge in [0.05, 0.1) is 26.4 Å². The van der Waals surface area contributed by atoms with Gasteiger partial charge in [-0.15, -0.1) is 11.3 Å². The molecule has 158 valence electrons. The summed E-state index contributed by atoms with van der Waals surface area (Å²) in [6, 6.07) is 16.5. The topological polar surface area (TPSA) is 80.0 Å². The summed E-state index contributed by atoms with van der Waals surface area (Å²) in [5.41, 5.74) is 8.35. The quantitative estimate of drug-likeness (QED) is 0.258. The Morgan fingerprint density at radius 2 is 1.90 bits per heavy atom. The predicted octanol–water partition coefficient (Wildman–Crippen LogP) is 5.93. The van der Waals surface area contributed by atoms with Crippen LogP contribution in [-0.2, 0) is 5.67 Å². The van der Waals surface area contributed by atoms with Crippen LogP contribution in [0.25, 0.3) is 10.2 Å². The molecule has 0 saturated heterocycles. The van der Waals surface area contributed by atoms with Crippen LogP contribution in [0.1, 0.15) is 23.6 Å². The maximum Gasteiger partial charge on any atom is 0.319 e. The third-order valence-corrected chi connectivity index (χ3v) is 6.22. The largest absolute Gasteiger partial charge is 0.398 e. The summed E-state index contributed by atoms with van der Waals surface area (Å²) < 4.78 is 18.0. The number of hydrogen-bond acceptors (Lipinski definition) is 4. The molecule has 5 nitrogen and oxygen atoms in total. The average Bonchev–Trinajstić information content (AvgIpc) is 3.24. The summed E-state index contributed by atoms with van der Waals surface area (Å²) in [6.45, 7) is 2.33. The van der Waals surface area contributed by atoms with Crippen LogP contribution in [0.4, 0.5) is 20.6 Å². The van der Waals surface area contributed by atoms with Crippen molar-refractivity contribution < 1.29 is 9.18 Å². The van der Waals surface area contributed by atoms with Crippen molar-refractivity contribution in [3.05, 3.63) is 87.9 Å². The second-order valence-electron chi connectivity index (χ2n) is 6.96. The molecule has 2 amide bonds. The van der Waals surface area contributed by atoms with Gasteiger partial charge in [-0.3, -0.25) is 0 Å². The van der Waals surface area contributed by atoms with Gasteiger partial charge in [-0.05, 0) is 48.4 Å². The van der Waals surface area contributed by atoms with Crippen LogP contribution in [0.2, 0.25) is 5.02 Å². The van der Waals surface area contributed by atoms with E-state index in [1.54, 1.807) is 66.2 Å². The van der Waals surface area contributed by atoms with Gasteiger partial charge < -0.3 is 16.4 Å². The molecule has 0 saturated carbocycles. The molecular weight excluding hydrogens is 435 g/mol. The Morgan fingerprint density at radius 1 is 1.16 bits per heavy atom. The summed E-state index contributed by atoms with van der Waals surface area (Å²) in [7, 11) is 0. The number of benzene rings is 3. The molecule has 3 aromatic carbocycles. The van der Waals surface area contributed by atoms with Crippen molar-refractivity contribution in [2.45, 2.75) is 12.6 Å². The fourth-order valence-corrected chi connectivity index (χ4v) is 4.45. The third-order valence-electron chi connectivity index (χ3n) is 5.01. The number of nitrogens with two attached hydrogens (primary N) is 1. The first kappa shape index (κ1) is 21.1. The van der Waals surface area contributed by atoms with Crippen molar-refractivity contribution in [2.75, 3.05) is 17.6 Å². The van der Waals surface area contributed by atoms with Crippen molar-refractivity contribution in [2.24, 2.45) is 0 Å². The van der Waals surface area contributed by atoms with Gasteiger partial charge in [0.25, 0.3) is 0 Å². The Morgan fingerprint density at radius 3 is 2.65 bits per heavy atom. The fourth-order valence-electron chi connectivity index (χ4n) is 3.48. The number of anilines is 2. The first-order valence-corrected chi connectivity index (χ1v) is 10.9. The van der Waals surface area contributed by atoms with Crippen LogP contribution in [0.3, 0.4) is 0 Å². The van der Waals surface area contributed by atoms with E-state index in [2.05, 4.69) is 15.6 Å². The van der Waals surface area contributed by atoms with Crippen molar-refractivity contribution in [3.8, 4) is 0 Å². The van der Waals surface area contributed by atoms with E-state index in [0.717, 1.165) is 10.2 Å². The van der Waals surface area contributed by atoms with Gasteiger partial charge in [-0.25, -0.2) is 14.2 Å². The van der Waals surface area contributed by atoms with Crippen molar-refractivity contribution in [3.63, 3.8) is 0 Å². The van der Waals surface area contributed by atoms with Crippen LogP contribution in [0.5, 0.6) is 0 Å². The number of carbonyl (C=O) groups is 1. The van der Waals surface area contributed by atoms with Crippen LogP contribution in [-0.4, -0.2) is 17.6 Å². The molecule has 0 aliphatic rings. The number of aromatic nitrogens is 1. The predicted molar refractivity (Wildman–Crippen MR) is 126 cm³/mol. The van der Waals surface area contributed by atoms with Crippen molar-refractivity contribution >= 4 is 50.6 Å². The second-order valence-corrected chi connectivity index (χ2v) is 8.23. The number of alkyl halides is 1. The lowest BCUT2D eigenvalue weighted by Crippen LogP contribution is -2.28. The molecule has 1 unspecified atom stereocenters. The minimum Gasteiger partial charge on any atom is -0.398 e. The standard InChI is InChI=1S/C23H20ClFN4OS/c1-2-27-22(30)29-16-9-6-14(7-10-16)23(25,17-4-3-5-18(26)21(17)24)15-8-11-19-20(12-15)31-13-28-19/h3-13H,2,26H2,1H3,(H2,27,29,30). The highest BCUT2D eigenvalue weighted by molar-refractivity contribution is 7.16. The van der Waals surface area contributed by atoms with Gasteiger partial charge in [0.15, 0.2) is 5.67 Å². The van der Waals surface area contributed by atoms with Crippen molar-refractivity contribution in [1.29, 1.82) is 0 Å². The Labute approximate surface area is 188 Å². The maximum atomic E-state index is 17.1. The fraction of sp³-hybridized carbons (Fsp3) is 0.130. The maximum absolute atomic E-state index is 17.1. The number of nitrogen functional groups attached to an aromatic ring is 1. The molecule has 31 heavy (non-hydrogen) atoms. The highest BCUT2D eigenvalue weighted by Gasteiger charge is 2.39. The molecule has 1 heterocycles. The first-order chi connectivity index (χ1) is 14.9. The van der Waals surface area contributed by atoms with Gasteiger partial charge in [0, 0.05) is 17.8 Å². The molecule has 4 N–H and O–H groups in total. The summed E-state index contributed by atoms with van der Waals surface area (Å²) in [5.74, 6) is 0. The molecule has 1 aromatic heterocycles. The number of thiazole rings is 1. The van der Waals surface area contributed by atoms with E-state index in [4.69, 9.17) is 17.3 Å². The minimum absolute atomic E-state index is 0.166. The Balaban J connectivity index is 1.84. The number of amides is 2. The average molecular weight is 455 g/mol. The van der Waals surface area contributed by atoms with Gasteiger partial charge in [-0.1, -0.05) is 41.9 Å². The number of nitrogens with one attached hydrogen (secondary N) is 2. The molecule has 0 aliphatic heterocycles. The number of urea groups is 1. The normalized spacial score (nSPS) is 13.0. The van der Waals surface area contributed by atoms with Crippen LogP contribution >= 0.6 is 22.9 Å². The van der Waals surface area contributed by atoms with Crippen LogP contribution in [0, 0.1) is 0 Å². The van der Waals surface area contributed by atoms with E-state index < -0.39 is 5.67 Å². The number of fused-ring (bicyclic) bond motifs is 1. The summed E-state index contributed by atoms with van der Waals surface area (Å²) >= 11 is 7.91. The molecule has 0 aliphatic carbocycles. The van der Waals surface area contributed by atoms with Crippen molar-refractivity contribution in [1.82, 2.24) is 10.3 Å². The number of rotatable bonds is 5. The van der Waals surface area contributed by atoms with Gasteiger partial charge >= 0.3 is 6.03 Å². The number of halogens is 2. The molecule has 8 heteroatoms. The highest BCUT2D eigenvalue weighted by atomic mass is 35.5. The number of nitrogens with zero attached hydrogens (tertiary/aromatic N) is 1. The number of hydrogen-bond donors (Lipinski definition) is 3. The molecule has 0 spiro atoms. The Kier molecular flexibility index (Phi) is 5.80. The van der Waals surface area contributed by atoms with E-state index in [-0.39, 0.29) is 16.6 Å². The molecule has 4 rings (SSSR count). The number of carbonyl (C=O) groups excluding carboxylic acids is 1. The van der Waals surface area contributed by atoms with Crippen LogP contribution < -0.4 is 16.4 Å². The zero-order valence-corrected chi connectivity index (χ0v) is 18.2. The third kappa shape index (κ3) is 3.94. The lowest BCUT2D eigenvalue weighted by atomic mass is 9.81. The van der Waals surface area contributed by atoms with E-state index in [0.29, 0.717) is 29.0 Å². The Hall–Kier alpha value is -3.16. The summed E-state index contributed by atoms with van der Waals surface area (Å²) in [4.78, 5) is 16.1. The second kappa shape index (κ2) is 8.53. The molecule has 0 radical (unpaired) electrons. The minimum atomic E-state index is -2.06. The smallest absolute Gasteiger partial charge is 0.319 e. The monoisotopic (exact) mass is 454 g/mol. The van der Waals surface area contributed by atoms with E-state index in [1.807, 2.05) is 6.92 Å². The lowest BCUT2D eigenvalue weighted by Gasteiger charge is -2.29. The SMILES string of the molecule is CCNC(=O)Nc1ccc(C(F)(c2ccc3ncsc3c2)c2cccc(N)c2Cl)cc1. The van der Waals surface area contributed by atoms with E-state index >= 15 is 4.39 Å². The molecular formula is C23H20ClFN4OS. The molecule has 4 aromatic rings. The highest BCUT2D eigenvalue weighted by Crippen LogP contribution is 2.46. The summed E-state index contributed by atoms with van der Waals surface area (Å²) in [5, 5.41) is 5.54. The molecule has 0 bridgehead atoms. The van der Waals surface area contributed by atoms with Gasteiger partial charge in [0.1, 0.15) is 0 Å². The van der Waals surface area contributed by atoms with Gasteiger partial charge in [0.2, 0.25) is 0 Å². The Bertz CT molecular complexity index is 1240. The van der Waals surface area contributed by atoms with Crippen LogP contribution in [0.15, 0.2) is 66.2 Å².